The summed E-state index contributed by atoms with van der Waals surface area (Å²) in [5.41, 5.74) is 1.89. The Bertz CT molecular complexity index is 727. The zero-order valence-electron chi connectivity index (χ0n) is 15.3. The minimum absolute atomic E-state index is 0.0362. The fourth-order valence-electron chi connectivity index (χ4n) is 3.50. The van der Waals surface area contributed by atoms with Crippen molar-refractivity contribution in [1.29, 1.82) is 0 Å². The second-order valence-corrected chi connectivity index (χ2v) is 9.08. The third-order valence-corrected chi connectivity index (χ3v) is 6.34. The minimum atomic E-state index is -3.17. The van der Waals surface area contributed by atoms with Crippen LogP contribution in [0.1, 0.15) is 19.8 Å². The van der Waals surface area contributed by atoms with Gasteiger partial charge in [-0.05, 0) is 44.0 Å². The van der Waals surface area contributed by atoms with Gasteiger partial charge < -0.3 is 15.0 Å². The molecule has 2 aliphatic heterocycles. The van der Waals surface area contributed by atoms with Crippen LogP contribution >= 0.6 is 0 Å². The first-order valence-corrected chi connectivity index (χ1v) is 10.9. The number of nitrogens with zero attached hydrogens (tertiary/aromatic N) is 2. The summed E-state index contributed by atoms with van der Waals surface area (Å²) in [7, 11) is -3.17. The highest BCUT2D eigenvalue weighted by Crippen LogP contribution is 2.23. The number of morpholine rings is 1. The number of piperidine rings is 1. The molecule has 1 N–H and O–H groups in total. The summed E-state index contributed by atoms with van der Waals surface area (Å²) in [6.45, 7) is 5.34. The monoisotopic (exact) mass is 381 g/mol. The molecule has 26 heavy (non-hydrogen) atoms. The maximum atomic E-state index is 12.4. The van der Waals surface area contributed by atoms with Crippen LogP contribution in [0.2, 0.25) is 0 Å². The summed E-state index contributed by atoms with van der Waals surface area (Å²) in [6.07, 6.45) is 2.55. The van der Waals surface area contributed by atoms with Gasteiger partial charge in [0.2, 0.25) is 15.9 Å². The van der Waals surface area contributed by atoms with Crippen LogP contribution in [-0.2, 0) is 19.6 Å². The first-order chi connectivity index (χ1) is 12.3. The van der Waals surface area contributed by atoms with Gasteiger partial charge in [-0.2, -0.15) is 0 Å². The molecule has 0 saturated carbocycles. The van der Waals surface area contributed by atoms with Gasteiger partial charge in [0.1, 0.15) is 0 Å². The van der Waals surface area contributed by atoms with E-state index in [1.165, 1.54) is 10.6 Å². The maximum Gasteiger partial charge on any atom is 0.227 e. The van der Waals surface area contributed by atoms with E-state index in [2.05, 4.69) is 17.1 Å². The molecule has 2 heterocycles. The van der Waals surface area contributed by atoms with E-state index in [-0.39, 0.29) is 17.9 Å². The van der Waals surface area contributed by atoms with E-state index in [4.69, 9.17) is 4.74 Å². The standard InChI is InChI=1S/C18H27N3O4S/c1-14-13-20(11-12-25-14)17-5-3-16(4-6-17)19-18(22)15-7-9-21(10-8-15)26(2,23)24/h3-6,14-15H,7-13H2,1-2H3,(H,19,22). The molecule has 1 aromatic rings. The number of carbonyl (C=O) groups is 1. The summed E-state index contributed by atoms with van der Waals surface area (Å²) >= 11 is 0. The fourth-order valence-corrected chi connectivity index (χ4v) is 4.38. The summed E-state index contributed by atoms with van der Waals surface area (Å²) in [5.74, 6) is -0.182. The lowest BCUT2D eigenvalue weighted by Gasteiger charge is -2.33. The zero-order valence-corrected chi connectivity index (χ0v) is 16.2. The van der Waals surface area contributed by atoms with E-state index in [9.17, 15) is 13.2 Å². The van der Waals surface area contributed by atoms with E-state index >= 15 is 0 Å². The molecule has 3 rings (SSSR count). The third-order valence-electron chi connectivity index (χ3n) is 5.03. The van der Waals surface area contributed by atoms with Gasteiger partial charge in [0.15, 0.2) is 0 Å². The molecule has 0 aliphatic carbocycles. The van der Waals surface area contributed by atoms with Crippen LogP contribution < -0.4 is 10.2 Å². The number of anilines is 2. The van der Waals surface area contributed by atoms with Crippen LogP contribution in [0.15, 0.2) is 24.3 Å². The van der Waals surface area contributed by atoms with Crippen molar-refractivity contribution in [2.24, 2.45) is 5.92 Å². The van der Waals surface area contributed by atoms with Gasteiger partial charge in [-0.1, -0.05) is 0 Å². The van der Waals surface area contributed by atoms with Crippen molar-refractivity contribution in [3.05, 3.63) is 24.3 Å². The highest BCUT2D eigenvalue weighted by atomic mass is 32.2. The normalized spacial score (nSPS) is 23.0. The van der Waals surface area contributed by atoms with Crippen LogP contribution in [0.4, 0.5) is 11.4 Å². The Morgan fingerprint density at radius 1 is 1.15 bits per heavy atom. The smallest absolute Gasteiger partial charge is 0.227 e. The average Bonchev–Trinajstić information content (AvgIpc) is 2.62. The molecule has 0 spiro atoms. The number of ether oxygens (including phenoxy) is 1. The molecule has 2 aliphatic rings. The Balaban J connectivity index is 1.53. The molecular formula is C18H27N3O4S. The molecule has 1 amide bonds. The first kappa shape index (κ1) is 19.1. The molecule has 8 heteroatoms. The number of rotatable bonds is 4. The Morgan fingerprint density at radius 2 is 1.81 bits per heavy atom. The number of amides is 1. The first-order valence-electron chi connectivity index (χ1n) is 9.05. The van der Waals surface area contributed by atoms with Crippen LogP contribution in [0.5, 0.6) is 0 Å². The van der Waals surface area contributed by atoms with Gasteiger partial charge in [-0.25, -0.2) is 12.7 Å². The molecule has 2 saturated heterocycles. The number of sulfonamides is 1. The summed E-state index contributed by atoms with van der Waals surface area (Å²) in [4.78, 5) is 14.7. The molecular weight excluding hydrogens is 354 g/mol. The van der Waals surface area contributed by atoms with Crippen molar-refractivity contribution < 1.29 is 17.9 Å². The van der Waals surface area contributed by atoms with Crippen molar-refractivity contribution in [1.82, 2.24) is 4.31 Å². The van der Waals surface area contributed by atoms with Crippen LogP contribution in [0.25, 0.3) is 0 Å². The fraction of sp³-hybridized carbons (Fsp3) is 0.611. The van der Waals surface area contributed by atoms with E-state index < -0.39 is 10.0 Å². The van der Waals surface area contributed by atoms with Gasteiger partial charge in [0.05, 0.1) is 19.0 Å². The maximum absolute atomic E-state index is 12.4. The van der Waals surface area contributed by atoms with E-state index in [0.717, 1.165) is 31.1 Å². The average molecular weight is 381 g/mol. The summed E-state index contributed by atoms with van der Waals surface area (Å²) in [6, 6.07) is 7.86. The highest BCUT2D eigenvalue weighted by Gasteiger charge is 2.29. The molecule has 144 valence electrons. The van der Waals surface area contributed by atoms with Gasteiger partial charge in [0, 0.05) is 43.5 Å². The zero-order chi connectivity index (χ0) is 18.7. The van der Waals surface area contributed by atoms with E-state index in [1.54, 1.807) is 0 Å². The largest absolute Gasteiger partial charge is 0.375 e. The van der Waals surface area contributed by atoms with E-state index in [1.807, 2.05) is 24.3 Å². The number of benzene rings is 1. The molecule has 1 unspecified atom stereocenters. The van der Waals surface area contributed by atoms with Crippen LogP contribution in [0, 0.1) is 5.92 Å². The molecule has 1 atom stereocenters. The molecule has 7 nitrogen and oxygen atoms in total. The lowest BCUT2D eigenvalue weighted by Crippen LogP contribution is -2.41. The molecule has 0 radical (unpaired) electrons. The number of nitrogens with one attached hydrogen (secondary N) is 1. The quantitative estimate of drug-likeness (QED) is 0.856. The Kier molecular flexibility index (Phi) is 5.84. The molecule has 2 fully saturated rings. The molecule has 0 bridgehead atoms. The third kappa shape index (κ3) is 4.75. The predicted molar refractivity (Wildman–Crippen MR) is 102 cm³/mol. The lowest BCUT2D eigenvalue weighted by molar-refractivity contribution is -0.120. The minimum Gasteiger partial charge on any atom is -0.375 e. The SMILES string of the molecule is CC1CN(c2ccc(NC(=O)C3CCN(S(C)(=O)=O)CC3)cc2)CCO1. The number of carbonyl (C=O) groups excluding carboxylic acids is 1. The van der Waals surface area contributed by atoms with Crippen molar-refractivity contribution in [2.75, 3.05) is 49.3 Å². The summed E-state index contributed by atoms with van der Waals surface area (Å²) < 4.78 is 30.1. The summed E-state index contributed by atoms with van der Waals surface area (Å²) in [5, 5.41) is 2.95. The van der Waals surface area contributed by atoms with Crippen LogP contribution in [0.3, 0.4) is 0 Å². The second kappa shape index (κ2) is 7.94. The molecule has 1 aromatic carbocycles. The van der Waals surface area contributed by atoms with Gasteiger partial charge in [0.25, 0.3) is 0 Å². The van der Waals surface area contributed by atoms with Crippen molar-refractivity contribution >= 4 is 27.3 Å². The van der Waals surface area contributed by atoms with Gasteiger partial charge >= 0.3 is 0 Å². The van der Waals surface area contributed by atoms with Crippen molar-refractivity contribution in [3.63, 3.8) is 0 Å². The van der Waals surface area contributed by atoms with Crippen molar-refractivity contribution in [3.8, 4) is 0 Å². The Morgan fingerprint density at radius 3 is 2.38 bits per heavy atom. The topological polar surface area (TPSA) is 79.0 Å². The highest BCUT2D eigenvalue weighted by molar-refractivity contribution is 7.88. The van der Waals surface area contributed by atoms with Gasteiger partial charge in [-0.3, -0.25) is 4.79 Å². The predicted octanol–water partition coefficient (Wildman–Crippen LogP) is 1.52. The van der Waals surface area contributed by atoms with E-state index in [0.29, 0.717) is 25.9 Å². The number of hydrogen-bond acceptors (Lipinski definition) is 5. The van der Waals surface area contributed by atoms with Gasteiger partial charge in [-0.15, -0.1) is 0 Å². The molecule has 0 aromatic heterocycles. The second-order valence-electron chi connectivity index (χ2n) is 7.10. The number of hydrogen-bond donors (Lipinski definition) is 1. The van der Waals surface area contributed by atoms with Crippen LogP contribution in [-0.4, -0.2) is 63.8 Å². The lowest BCUT2D eigenvalue weighted by atomic mass is 9.97. The Labute approximate surface area is 155 Å². The Hall–Kier alpha value is -1.64. The van der Waals surface area contributed by atoms with Crippen molar-refractivity contribution in [2.45, 2.75) is 25.9 Å².